The molecular formula is C18H15N5. The molecule has 1 saturated carbocycles. The minimum absolute atomic E-state index is 0.471. The molecule has 3 aliphatic carbocycles. The van der Waals surface area contributed by atoms with Gasteiger partial charge in [0.15, 0.2) is 17.2 Å². The standard InChI is InChI=1S/C18H15N5/c19-10-14-15-11-6-8-12(9-7-11)16(15)18-21-20-17(23(18)22-14)13-4-2-1-3-5-13/h1-5,11-12H,6-9H2. The molecule has 2 aromatic heterocycles. The molecule has 0 spiro atoms. The number of aromatic nitrogens is 4. The van der Waals surface area contributed by atoms with Crippen LogP contribution in [0.4, 0.5) is 0 Å². The summed E-state index contributed by atoms with van der Waals surface area (Å²) in [6, 6.07) is 12.2. The van der Waals surface area contributed by atoms with Crippen molar-refractivity contribution in [3.8, 4) is 17.5 Å². The number of hydrogen-bond acceptors (Lipinski definition) is 4. The van der Waals surface area contributed by atoms with E-state index in [1.165, 1.54) is 31.2 Å². The van der Waals surface area contributed by atoms with E-state index in [0.29, 0.717) is 23.4 Å². The van der Waals surface area contributed by atoms with Crippen LogP contribution >= 0.6 is 0 Å². The van der Waals surface area contributed by atoms with Gasteiger partial charge in [0.25, 0.3) is 0 Å². The third kappa shape index (κ3) is 1.69. The molecule has 0 aliphatic heterocycles. The van der Waals surface area contributed by atoms with E-state index in [-0.39, 0.29) is 0 Å². The molecule has 0 unspecified atom stereocenters. The number of nitriles is 1. The second kappa shape index (κ2) is 4.63. The molecule has 23 heavy (non-hydrogen) atoms. The normalized spacial score (nSPS) is 22.0. The third-order valence-corrected chi connectivity index (χ3v) is 5.31. The molecule has 0 amide bonds. The zero-order chi connectivity index (χ0) is 15.4. The maximum Gasteiger partial charge on any atom is 0.185 e. The lowest BCUT2D eigenvalue weighted by molar-refractivity contribution is 0.357. The van der Waals surface area contributed by atoms with Gasteiger partial charge in [-0.1, -0.05) is 30.3 Å². The maximum atomic E-state index is 9.61. The van der Waals surface area contributed by atoms with Crippen molar-refractivity contribution in [3.05, 3.63) is 47.2 Å². The van der Waals surface area contributed by atoms with Crippen molar-refractivity contribution in [1.29, 1.82) is 5.26 Å². The molecule has 3 aliphatic rings. The fraction of sp³-hybridized carbons (Fsp3) is 0.333. The summed E-state index contributed by atoms with van der Waals surface area (Å²) in [5.74, 6) is 1.68. The van der Waals surface area contributed by atoms with Gasteiger partial charge in [-0.2, -0.15) is 14.9 Å². The first-order valence-electron chi connectivity index (χ1n) is 8.11. The zero-order valence-electron chi connectivity index (χ0n) is 12.6. The van der Waals surface area contributed by atoms with Crippen LogP contribution < -0.4 is 0 Å². The van der Waals surface area contributed by atoms with Gasteiger partial charge in [0.1, 0.15) is 6.07 Å². The summed E-state index contributed by atoms with van der Waals surface area (Å²) < 4.78 is 1.77. The van der Waals surface area contributed by atoms with Crippen LogP contribution in [0.2, 0.25) is 0 Å². The van der Waals surface area contributed by atoms with Gasteiger partial charge >= 0.3 is 0 Å². The van der Waals surface area contributed by atoms with Crippen LogP contribution in [0.3, 0.4) is 0 Å². The number of benzene rings is 1. The van der Waals surface area contributed by atoms with Crippen LogP contribution in [0.1, 0.15) is 54.3 Å². The van der Waals surface area contributed by atoms with Gasteiger partial charge in [-0.25, -0.2) is 0 Å². The molecule has 6 rings (SSSR count). The molecule has 0 radical (unpaired) electrons. The highest BCUT2D eigenvalue weighted by atomic mass is 15.4. The predicted molar refractivity (Wildman–Crippen MR) is 84.9 cm³/mol. The van der Waals surface area contributed by atoms with Crippen molar-refractivity contribution in [2.24, 2.45) is 0 Å². The summed E-state index contributed by atoms with van der Waals surface area (Å²) in [7, 11) is 0. The molecule has 2 heterocycles. The quantitative estimate of drug-likeness (QED) is 0.690. The number of fused-ring (bicyclic) bond motifs is 3. The Kier molecular flexibility index (Phi) is 2.57. The maximum absolute atomic E-state index is 9.61. The first-order valence-corrected chi connectivity index (χ1v) is 8.11. The fourth-order valence-electron chi connectivity index (χ4n) is 4.28. The SMILES string of the molecule is N#Cc1nn2c(-c3ccccc3)nnc2c2c1C1CCC2CC1. The highest BCUT2D eigenvalue weighted by Crippen LogP contribution is 2.51. The second-order valence-corrected chi connectivity index (χ2v) is 6.46. The van der Waals surface area contributed by atoms with E-state index in [9.17, 15) is 5.26 Å². The van der Waals surface area contributed by atoms with Crippen LogP contribution in [0.25, 0.3) is 17.0 Å². The van der Waals surface area contributed by atoms with E-state index in [4.69, 9.17) is 0 Å². The van der Waals surface area contributed by atoms with Gasteiger partial charge in [-0.05, 0) is 37.5 Å². The summed E-state index contributed by atoms with van der Waals surface area (Å²) in [6.45, 7) is 0. The van der Waals surface area contributed by atoms with Crippen molar-refractivity contribution in [3.63, 3.8) is 0 Å². The van der Waals surface area contributed by atoms with Gasteiger partial charge in [0.05, 0.1) is 0 Å². The molecule has 3 aromatic rings. The van der Waals surface area contributed by atoms with Gasteiger partial charge in [-0.15, -0.1) is 10.2 Å². The first-order chi connectivity index (χ1) is 11.4. The van der Waals surface area contributed by atoms with Crippen molar-refractivity contribution >= 4 is 5.65 Å². The van der Waals surface area contributed by atoms with Crippen molar-refractivity contribution in [2.75, 3.05) is 0 Å². The van der Waals surface area contributed by atoms with Crippen LogP contribution in [-0.2, 0) is 0 Å². The van der Waals surface area contributed by atoms with Crippen molar-refractivity contribution in [1.82, 2.24) is 19.8 Å². The monoisotopic (exact) mass is 301 g/mol. The Bertz CT molecular complexity index is 943. The van der Waals surface area contributed by atoms with E-state index in [1.807, 2.05) is 30.3 Å². The van der Waals surface area contributed by atoms with Crippen molar-refractivity contribution < 1.29 is 0 Å². The lowest BCUT2D eigenvalue weighted by Crippen LogP contribution is -2.25. The van der Waals surface area contributed by atoms with Gasteiger partial charge in [0, 0.05) is 16.7 Å². The molecule has 5 heteroatoms. The summed E-state index contributed by atoms with van der Waals surface area (Å²) in [5.41, 5.74) is 4.74. The van der Waals surface area contributed by atoms with Crippen molar-refractivity contribution in [2.45, 2.75) is 37.5 Å². The average molecular weight is 301 g/mol. The molecule has 1 fully saturated rings. The smallest absolute Gasteiger partial charge is 0.185 e. The second-order valence-electron chi connectivity index (χ2n) is 6.46. The van der Waals surface area contributed by atoms with E-state index < -0.39 is 0 Å². The predicted octanol–water partition coefficient (Wildman–Crippen LogP) is 3.42. The summed E-state index contributed by atoms with van der Waals surface area (Å²) in [5, 5.41) is 23.0. The summed E-state index contributed by atoms with van der Waals surface area (Å²) in [6.07, 6.45) is 4.72. The molecule has 1 aromatic carbocycles. The first kappa shape index (κ1) is 12.8. The lowest BCUT2D eigenvalue weighted by atomic mass is 9.67. The van der Waals surface area contributed by atoms with E-state index in [0.717, 1.165) is 16.8 Å². The van der Waals surface area contributed by atoms with Crippen LogP contribution in [0, 0.1) is 11.3 Å². The Morgan fingerprint density at radius 2 is 1.65 bits per heavy atom. The van der Waals surface area contributed by atoms with E-state index >= 15 is 0 Å². The average Bonchev–Trinajstić information content (AvgIpc) is 3.06. The molecule has 2 bridgehead atoms. The molecule has 0 saturated heterocycles. The highest BCUT2D eigenvalue weighted by Gasteiger charge is 2.38. The van der Waals surface area contributed by atoms with Gasteiger partial charge < -0.3 is 0 Å². The molecule has 0 N–H and O–H groups in total. The third-order valence-electron chi connectivity index (χ3n) is 5.31. The molecule has 5 nitrogen and oxygen atoms in total. The molecule has 0 atom stereocenters. The van der Waals surface area contributed by atoms with E-state index in [1.54, 1.807) is 4.52 Å². The summed E-state index contributed by atoms with van der Waals surface area (Å²) in [4.78, 5) is 0. The minimum atomic E-state index is 0.471. The number of hydrogen-bond donors (Lipinski definition) is 0. The van der Waals surface area contributed by atoms with E-state index in [2.05, 4.69) is 21.4 Å². The Morgan fingerprint density at radius 3 is 2.35 bits per heavy atom. The number of rotatable bonds is 1. The summed E-state index contributed by atoms with van der Waals surface area (Å²) >= 11 is 0. The Balaban J connectivity index is 1.85. The molecule has 112 valence electrons. The lowest BCUT2D eigenvalue weighted by Gasteiger charge is -2.38. The largest absolute Gasteiger partial charge is 0.191 e. The van der Waals surface area contributed by atoms with Gasteiger partial charge in [-0.3, -0.25) is 0 Å². The Morgan fingerprint density at radius 1 is 0.957 bits per heavy atom. The topological polar surface area (TPSA) is 66.9 Å². The zero-order valence-corrected chi connectivity index (χ0v) is 12.6. The fourth-order valence-corrected chi connectivity index (χ4v) is 4.28. The van der Waals surface area contributed by atoms with Crippen LogP contribution in [0.15, 0.2) is 30.3 Å². The van der Waals surface area contributed by atoms with Crippen LogP contribution in [0.5, 0.6) is 0 Å². The molecular weight excluding hydrogens is 286 g/mol. The van der Waals surface area contributed by atoms with Crippen LogP contribution in [-0.4, -0.2) is 19.8 Å². The van der Waals surface area contributed by atoms with Gasteiger partial charge in [0.2, 0.25) is 0 Å². The highest BCUT2D eigenvalue weighted by molar-refractivity contribution is 5.65. The minimum Gasteiger partial charge on any atom is -0.191 e. The number of nitrogens with zero attached hydrogens (tertiary/aromatic N) is 5. The Hall–Kier alpha value is -2.74. The Labute approximate surface area is 133 Å².